The maximum atomic E-state index is 13.7. The summed E-state index contributed by atoms with van der Waals surface area (Å²) in [7, 11) is 0. The number of furan rings is 1. The minimum Gasteiger partial charge on any atom is -0.494 e. The lowest BCUT2D eigenvalue weighted by atomic mass is 9.97. The number of fused-ring (bicyclic) bond motifs is 2. The molecule has 1 aliphatic heterocycles. The molecule has 0 unspecified atom stereocenters. The zero-order chi connectivity index (χ0) is 22.4. The summed E-state index contributed by atoms with van der Waals surface area (Å²) in [6, 6.07) is 14.2. The van der Waals surface area contributed by atoms with Gasteiger partial charge in [-0.05, 0) is 67.8 Å². The molecule has 6 heteroatoms. The second kappa shape index (κ2) is 7.71. The molecular formula is C26H23NO5. The molecule has 0 spiro atoms. The first kappa shape index (κ1) is 20.1. The van der Waals surface area contributed by atoms with Gasteiger partial charge >= 0.3 is 0 Å². The summed E-state index contributed by atoms with van der Waals surface area (Å²) in [4.78, 5) is 28.8. The number of amides is 1. The minimum atomic E-state index is -0.584. The lowest BCUT2D eigenvalue weighted by Crippen LogP contribution is -2.29. The maximum Gasteiger partial charge on any atom is 0.291 e. The van der Waals surface area contributed by atoms with Gasteiger partial charge in [-0.1, -0.05) is 18.2 Å². The van der Waals surface area contributed by atoms with Gasteiger partial charge in [-0.3, -0.25) is 9.59 Å². The predicted octanol–water partition coefficient (Wildman–Crippen LogP) is 5.15. The number of hydrogen-bond donors (Lipinski definition) is 0. The Balaban J connectivity index is 1.72. The molecule has 1 aliphatic rings. The lowest BCUT2D eigenvalue weighted by molar-refractivity contribution is 0.0701. The summed E-state index contributed by atoms with van der Waals surface area (Å²) >= 11 is 0. The van der Waals surface area contributed by atoms with Crippen molar-refractivity contribution in [3.63, 3.8) is 0 Å². The van der Waals surface area contributed by atoms with Crippen LogP contribution in [0.5, 0.6) is 5.75 Å². The topological polar surface area (TPSA) is 72.9 Å². The van der Waals surface area contributed by atoms with Gasteiger partial charge in [0.1, 0.15) is 17.1 Å². The minimum absolute atomic E-state index is 0.0953. The van der Waals surface area contributed by atoms with Crippen LogP contribution in [-0.4, -0.2) is 17.4 Å². The Labute approximate surface area is 185 Å². The fraction of sp³-hybridized carbons (Fsp3) is 0.231. The number of rotatable bonds is 5. The lowest BCUT2D eigenvalue weighted by Gasteiger charge is -2.24. The van der Waals surface area contributed by atoms with Crippen LogP contribution in [0.25, 0.3) is 11.0 Å². The average molecular weight is 429 g/mol. The molecule has 2 aromatic heterocycles. The number of aryl methyl sites for hydroxylation is 2. The van der Waals surface area contributed by atoms with Crippen LogP contribution in [0.3, 0.4) is 0 Å². The SMILES string of the molecule is CCOc1ccc([C@H]2c3c(oc4cc(C)cc(C)c4c3=O)C(=O)N2Cc2ccco2)cc1. The van der Waals surface area contributed by atoms with Crippen LogP contribution < -0.4 is 10.2 Å². The van der Waals surface area contributed by atoms with Gasteiger partial charge < -0.3 is 18.5 Å². The molecule has 1 atom stereocenters. The summed E-state index contributed by atoms with van der Waals surface area (Å²) in [5.41, 5.74) is 3.24. The number of hydrogen-bond acceptors (Lipinski definition) is 5. The molecule has 5 rings (SSSR count). The number of carbonyl (C=O) groups excluding carboxylic acids is 1. The highest BCUT2D eigenvalue weighted by atomic mass is 16.5. The Morgan fingerprint density at radius 2 is 1.84 bits per heavy atom. The predicted molar refractivity (Wildman–Crippen MR) is 120 cm³/mol. The highest BCUT2D eigenvalue weighted by Gasteiger charge is 2.43. The zero-order valence-corrected chi connectivity index (χ0v) is 18.2. The molecule has 0 N–H and O–H groups in total. The zero-order valence-electron chi connectivity index (χ0n) is 18.2. The molecule has 0 saturated carbocycles. The van der Waals surface area contributed by atoms with Crippen LogP contribution in [0.2, 0.25) is 0 Å². The van der Waals surface area contributed by atoms with Crippen molar-refractivity contribution < 1.29 is 18.4 Å². The van der Waals surface area contributed by atoms with Crippen LogP contribution in [0.1, 0.15) is 51.5 Å². The molecule has 0 aliphatic carbocycles. The second-order valence-corrected chi connectivity index (χ2v) is 8.05. The van der Waals surface area contributed by atoms with E-state index in [1.807, 2.05) is 57.2 Å². The smallest absolute Gasteiger partial charge is 0.291 e. The van der Waals surface area contributed by atoms with E-state index < -0.39 is 6.04 Å². The largest absolute Gasteiger partial charge is 0.494 e. The molecule has 32 heavy (non-hydrogen) atoms. The van der Waals surface area contributed by atoms with Crippen LogP contribution in [0.15, 0.2) is 68.4 Å². The first-order valence-corrected chi connectivity index (χ1v) is 10.6. The first-order valence-electron chi connectivity index (χ1n) is 10.6. The van der Waals surface area contributed by atoms with E-state index in [0.717, 1.165) is 22.4 Å². The van der Waals surface area contributed by atoms with Crippen LogP contribution in [0, 0.1) is 13.8 Å². The standard InChI is InChI=1S/C26H23NO5/c1-4-30-18-9-7-17(8-10-18)23-22-24(28)21-16(3)12-15(2)13-20(21)32-25(22)26(29)27(23)14-19-6-5-11-31-19/h5-13,23H,4,14H2,1-3H3/t23-/m0/s1. The quantitative estimate of drug-likeness (QED) is 0.439. The monoisotopic (exact) mass is 429 g/mol. The van der Waals surface area contributed by atoms with E-state index in [1.54, 1.807) is 23.3 Å². The number of ether oxygens (including phenoxy) is 1. The first-order chi connectivity index (χ1) is 15.5. The van der Waals surface area contributed by atoms with E-state index in [1.165, 1.54) is 0 Å². The molecule has 2 aromatic carbocycles. The van der Waals surface area contributed by atoms with Crippen molar-refractivity contribution in [2.45, 2.75) is 33.4 Å². The van der Waals surface area contributed by atoms with Crippen LogP contribution in [-0.2, 0) is 6.54 Å². The molecule has 0 bridgehead atoms. The van der Waals surface area contributed by atoms with E-state index in [9.17, 15) is 9.59 Å². The molecule has 3 heterocycles. The van der Waals surface area contributed by atoms with Gasteiger partial charge in [-0.2, -0.15) is 0 Å². The highest BCUT2D eigenvalue weighted by molar-refractivity contribution is 5.99. The van der Waals surface area contributed by atoms with Gasteiger partial charge in [0.25, 0.3) is 5.91 Å². The van der Waals surface area contributed by atoms with Gasteiger partial charge in [0.2, 0.25) is 5.76 Å². The normalized spacial score (nSPS) is 15.4. The molecule has 0 saturated heterocycles. The second-order valence-electron chi connectivity index (χ2n) is 8.05. The Morgan fingerprint density at radius 3 is 2.53 bits per heavy atom. The molecule has 162 valence electrons. The van der Waals surface area contributed by atoms with Crippen LogP contribution in [0.4, 0.5) is 0 Å². The molecule has 0 radical (unpaired) electrons. The number of carbonyl (C=O) groups is 1. The number of nitrogens with zero attached hydrogens (tertiary/aromatic N) is 1. The Hall–Kier alpha value is -3.80. The maximum absolute atomic E-state index is 13.7. The molecule has 4 aromatic rings. The summed E-state index contributed by atoms with van der Waals surface area (Å²) in [6.07, 6.45) is 1.57. The molecule has 1 amide bonds. The summed E-state index contributed by atoms with van der Waals surface area (Å²) in [5, 5.41) is 0.512. The van der Waals surface area contributed by atoms with E-state index in [2.05, 4.69) is 0 Å². The van der Waals surface area contributed by atoms with Gasteiger partial charge in [0.05, 0.1) is 36.4 Å². The van der Waals surface area contributed by atoms with E-state index in [4.69, 9.17) is 13.6 Å². The van der Waals surface area contributed by atoms with E-state index >= 15 is 0 Å². The van der Waals surface area contributed by atoms with Crippen molar-refractivity contribution in [1.82, 2.24) is 4.90 Å². The fourth-order valence-electron chi connectivity index (χ4n) is 4.51. The summed E-state index contributed by atoms with van der Waals surface area (Å²) < 4.78 is 17.1. The third-order valence-corrected chi connectivity index (χ3v) is 5.83. The molecule has 0 fully saturated rings. The van der Waals surface area contributed by atoms with Crippen molar-refractivity contribution in [2.75, 3.05) is 6.61 Å². The Bertz CT molecular complexity index is 1370. The van der Waals surface area contributed by atoms with Crippen molar-refractivity contribution in [2.24, 2.45) is 0 Å². The highest BCUT2D eigenvalue weighted by Crippen LogP contribution is 2.40. The van der Waals surface area contributed by atoms with Gasteiger partial charge in [0.15, 0.2) is 5.43 Å². The third-order valence-electron chi connectivity index (χ3n) is 5.83. The average Bonchev–Trinajstić information content (AvgIpc) is 3.36. The Kier molecular flexibility index (Phi) is 4.85. The van der Waals surface area contributed by atoms with Crippen molar-refractivity contribution >= 4 is 16.9 Å². The van der Waals surface area contributed by atoms with Gasteiger partial charge in [-0.15, -0.1) is 0 Å². The molecular weight excluding hydrogens is 406 g/mol. The van der Waals surface area contributed by atoms with Gasteiger partial charge in [0, 0.05) is 0 Å². The van der Waals surface area contributed by atoms with Crippen LogP contribution >= 0.6 is 0 Å². The Morgan fingerprint density at radius 1 is 1.06 bits per heavy atom. The van der Waals surface area contributed by atoms with Crippen molar-refractivity contribution in [3.8, 4) is 5.75 Å². The van der Waals surface area contributed by atoms with Crippen molar-refractivity contribution in [3.05, 3.63) is 98.8 Å². The fourth-order valence-corrected chi connectivity index (χ4v) is 4.51. The van der Waals surface area contributed by atoms with Gasteiger partial charge in [-0.25, -0.2) is 0 Å². The molecule has 6 nitrogen and oxygen atoms in total. The van der Waals surface area contributed by atoms with E-state index in [-0.39, 0.29) is 23.6 Å². The van der Waals surface area contributed by atoms with E-state index in [0.29, 0.717) is 28.9 Å². The third kappa shape index (κ3) is 3.19. The van der Waals surface area contributed by atoms with Crippen molar-refractivity contribution in [1.29, 1.82) is 0 Å². The number of benzene rings is 2. The summed E-state index contributed by atoms with van der Waals surface area (Å²) in [5.74, 6) is 1.13. The summed E-state index contributed by atoms with van der Waals surface area (Å²) in [6.45, 7) is 6.53.